The van der Waals surface area contributed by atoms with Crippen LogP contribution in [0.5, 0.6) is 5.88 Å². The first-order chi connectivity index (χ1) is 8.06. The largest absolute Gasteiger partial charge is 0.480 e. The lowest BCUT2D eigenvalue weighted by molar-refractivity contribution is 0.0919. The van der Waals surface area contributed by atoms with Gasteiger partial charge in [0.15, 0.2) is 0 Å². The molecule has 1 unspecified atom stereocenters. The minimum atomic E-state index is -0.877. The number of nitriles is 1. The van der Waals surface area contributed by atoms with Crippen molar-refractivity contribution in [2.24, 2.45) is 0 Å². The second kappa shape index (κ2) is 5.30. The van der Waals surface area contributed by atoms with Crippen molar-refractivity contribution < 1.29 is 9.53 Å². The van der Waals surface area contributed by atoms with E-state index in [0.29, 0.717) is 12.0 Å². The highest BCUT2D eigenvalue weighted by Crippen LogP contribution is 2.15. The van der Waals surface area contributed by atoms with Crippen molar-refractivity contribution in [3.63, 3.8) is 0 Å². The van der Waals surface area contributed by atoms with Crippen LogP contribution >= 0.6 is 0 Å². The summed E-state index contributed by atoms with van der Waals surface area (Å²) in [4.78, 5) is 15.9. The Bertz CT molecular complexity index is 453. The summed E-state index contributed by atoms with van der Waals surface area (Å²) in [5.41, 5.74) is -0.553. The topological polar surface area (TPSA) is 75.0 Å². The number of hydrogen-bond acceptors (Lipinski definition) is 4. The molecule has 0 radical (unpaired) electrons. The maximum Gasteiger partial charge on any atom is 0.258 e. The molecular formula is C12H15N3O2. The highest BCUT2D eigenvalue weighted by Gasteiger charge is 2.25. The highest BCUT2D eigenvalue weighted by molar-refractivity contribution is 5.97. The Kier molecular flexibility index (Phi) is 4.05. The fraction of sp³-hybridized carbons (Fsp3) is 0.417. The monoisotopic (exact) mass is 233 g/mol. The van der Waals surface area contributed by atoms with Crippen LogP contribution in [0.25, 0.3) is 0 Å². The summed E-state index contributed by atoms with van der Waals surface area (Å²) in [6, 6.07) is 5.32. The van der Waals surface area contributed by atoms with Crippen LogP contribution in [0.3, 0.4) is 0 Å². The molecule has 0 saturated heterocycles. The van der Waals surface area contributed by atoms with Gasteiger partial charge in [-0.15, -0.1) is 0 Å². The fourth-order valence-electron chi connectivity index (χ4n) is 1.24. The van der Waals surface area contributed by atoms with E-state index in [1.807, 2.05) is 6.92 Å². The molecule has 1 atom stereocenters. The number of nitrogens with one attached hydrogen (secondary N) is 1. The first-order valence-corrected chi connectivity index (χ1v) is 5.29. The Labute approximate surface area is 100 Å². The van der Waals surface area contributed by atoms with Gasteiger partial charge in [0.2, 0.25) is 5.88 Å². The molecule has 17 heavy (non-hydrogen) atoms. The summed E-state index contributed by atoms with van der Waals surface area (Å²) < 4.78 is 4.99. The normalized spacial score (nSPS) is 13.3. The van der Waals surface area contributed by atoms with E-state index in [1.54, 1.807) is 25.3 Å². The lowest BCUT2D eigenvalue weighted by Gasteiger charge is -2.21. The van der Waals surface area contributed by atoms with Crippen LogP contribution in [-0.2, 0) is 0 Å². The van der Waals surface area contributed by atoms with E-state index in [0.717, 1.165) is 0 Å². The van der Waals surface area contributed by atoms with Crippen LogP contribution in [0, 0.1) is 11.3 Å². The summed E-state index contributed by atoms with van der Waals surface area (Å²) in [7, 11) is 1.45. The van der Waals surface area contributed by atoms with Crippen molar-refractivity contribution in [3.05, 3.63) is 23.9 Å². The molecular weight excluding hydrogens is 218 g/mol. The van der Waals surface area contributed by atoms with Crippen LogP contribution < -0.4 is 10.1 Å². The SMILES string of the molecule is CCC(C)(C#N)NC(=O)c1cccnc1OC. The maximum absolute atomic E-state index is 12.0. The van der Waals surface area contributed by atoms with Gasteiger partial charge in [-0.2, -0.15) is 5.26 Å². The van der Waals surface area contributed by atoms with E-state index in [2.05, 4.69) is 16.4 Å². The molecule has 1 rings (SSSR count). The zero-order valence-corrected chi connectivity index (χ0v) is 10.2. The van der Waals surface area contributed by atoms with Gasteiger partial charge in [-0.25, -0.2) is 4.98 Å². The molecule has 0 aliphatic heterocycles. The molecule has 5 heteroatoms. The predicted octanol–water partition coefficient (Wildman–Crippen LogP) is 1.51. The van der Waals surface area contributed by atoms with Gasteiger partial charge in [0.1, 0.15) is 11.1 Å². The summed E-state index contributed by atoms with van der Waals surface area (Å²) in [5, 5.41) is 11.7. The number of amides is 1. The first-order valence-electron chi connectivity index (χ1n) is 5.29. The molecule has 0 spiro atoms. The van der Waals surface area contributed by atoms with E-state index in [9.17, 15) is 4.79 Å². The number of ether oxygens (including phenoxy) is 1. The highest BCUT2D eigenvalue weighted by atomic mass is 16.5. The number of rotatable bonds is 4. The predicted molar refractivity (Wildman–Crippen MR) is 62.6 cm³/mol. The smallest absolute Gasteiger partial charge is 0.258 e. The second-order valence-electron chi connectivity index (χ2n) is 3.81. The lowest BCUT2D eigenvalue weighted by atomic mass is 10.0. The molecule has 0 fully saturated rings. The van der Waals surface area contributed by atoms with Crippen molar-refractivity contribution in [2.75, 3.05) is 7.11 Å². The van der Waals surface area contributed by atoms with Gasteiger partial charge < -0.3 is 10.1 Å². The third-order valence-electron chi connectivity index (χ3n) is 2.55. The number of nitrogens with zero attached hydrogens (tertiary/aromatic N) is 2. The van der Waals surface area contributed by atoms with Crippen LogP contribution in [0.4, 0.5) is 0 Å². The second-order valence-corrected chi connectivity index (χ2v) is 3.81. The standard InChI is InChI=1S/C12H15N3O2/c1-4-12(2,8-13)15-10(16)9-6-5-7-14-11(9)17-3/h5-7H,4H2,1-3H3,(H,15,16). The zero-order valence-electron chi connectivity index (χ0n) is 10.2. The zero-order chi connectivity index (χ0) is 12.9. The summed E-state index contributed by atoms with van der Waals surface area (Å²) in [6.45, 7) is 3.51. The molecule has 90 valence electrons. The van der Waals surface area contributed by atoms with Crippen molar-refractivity contribution >= 4 is 5.91 Å². The van der Waals surface area contributed by atoms with E-state index in [-0.39, 0.29) is 11.8 Å². The van der Waals surface area contributed by atoms with Gasteiger partial charge in [-0.1, -0.05) is 6.92 Å². The number of hydrogen-bond donors (Lipinski definition) is 1. The minimum Gasteiger partial charge on any atom is -0.480 e. The third-order valence-corrected chi connectivity index (χ3v) is 2.55. The number of pyridine rings is 1. The molecule has 1 amide bonds. The molecule has 0 aromatic carbocycles. The van der Waals surface area contributed by atoms with Crippen molar-refractivity contribution in [3.8, 4) is 11.9 Å². The van der Waals surface area contributed by atoms with Crippen molar-refractivity contribution in [1.82, 2.24) is 10.3 Å². The van der Waals surface area contributed by atoms with E-state index in [1.165, 1.54) is 7.11 Å². The molecule has 1 N–H and O–H groups in total. The maximum atomic E-state index is 12.0. The Hall–Kier alpha value is -2.09. The van der Waals surface area contributed by atoms with Gasteiger partial charge >= 0.3 is 0 Å². The van der Waals surface area contributed by atoms with Gasteiger partial charge in [0.05, 0.1) is 13.2 Å². The van der Waals surface area contributed by atoms with Crippen molar-refractivity contribution in [1.29, 1.82) is 5.26 Å². The fourth-order valence-corrected chi connectivity index (χ4v) is 1.24. The summed E-state index contributed by atoms with van der Waals surface area (Å²) >= 11 is 0. The molecule has 0 aliphatic rings. The van der Waals surface area contributed by atoms with Crippen molar-refractivity contribution in [2.45, 2.75) is 25.8 Å². The average Bonchev–Trinajstić information content (AvgIpc) is 2.38. The van der Waals surface area contributed by atoms with Crippen LogP contribution in [0.2, 0.25) is 0 Å². The number of methoxy groups -OCH3 is 1. The Morgan fingerprint density at radius 1 is 1.71 bits per heavy atom. The van der Waals surface area contributed by atoms with Crippen LogP contribution in [-0.4, -0.2) is 23.5 Å². The molecule has 0 aliphatic carbocycles. The average molecular weight is 233 g/mol. The number of aromatic nitrogens is 1. The van der Waals surface area contributed by atoms with E-state index >= 15 is 0 Å². The van der Waals surface area contributed by atoms with Gasteiger partial charge in [0.25, 0.3) is 5.91 Å². The van der Waals surface area contributed by atoms with Gasteiger partial charge in [-0.3, -0.25) is 4.79 Å². The summed E-state index contributed by atoms with van der Waals surface area (Å²) in [6.07, 6.45) is 2.07. The first kappa shape index (κ1) is 13.0. The minimum absolute atomic E-state index is 0.251. The Morgan fingerprint density at radius 2 is 2.41 bits per heavy atom. The Morgan fingerprint density at radius 3 is 2.94 bits per heavy atom. The summed E-state index contributed by atoms with van der Waals surface area (Å²) in [5.74, 6) is -0.109. The van der Waals surface area contributed by atoms with Crippen LogP contribution in [0.15, 0.2) is 18.3 Å². The van der Waals surface area contributed by atoms with Crippen LogP contribution in [0.1, 0.15) is 30.6 Å². The number of carbonyl (C=O) groups is 1. The third kappa shape index (κ3) is 2.94. The lowest BCUT2D eigenvalue weighted by Crippen LogP contribution is -2.44. The molecule has 0 bridgehead atoms. The molecule has 1 aromatic heterocycles. The molecule has 1 aromatic rings. The van der Waals surface area contributed by atoms with Gasteiger partial charge in [0, 0.05) is 6.20 Å². The Balaban J connectivity index is 2.95. The van der Waals surface area contributed by atoms with Gasteiger partial charge in [-0.05, 0) is 25.5 Å². The quantitative estimate of drug-likeness (QED) is 0.855. The number of carbonyl (C=O) groups excluding carboxylic acids is 1. The van der Waals surface area contributed by atoms with E-state index < -0.39 is 5.54 Å². The molecule has 5 nitrogen and oxygen atoms in total. The molecule has 0 saturated carbocycles. The van der Waals surface area contributed by atoms with E-state index in [4.69, 9.17) is 10.00 Å². The molecule has 1 heterocycles.